The van der Waals surface area contributed by atoms with Crippen LogP contribution in [0.2, 0.25) is 0 Å². The molecule has 0 atom stereocenters. The van der Waals surface area contributed by atoms with Crippen LogP contribution in [0.5, 0.6) is 0 Å². The Bertz CT molecular complexity index is 383. The molecule has 14 heavy (non-hydrogen) atoms. The molecule has 6 heteroatoms. The van der Waals surface area contributed by atoms with Gasteiger partial charge in [-0.15, -0.1) is 0 Å². The topological polar surface area (TPSA) is 63.2 Å². The molecule has 5 nitrogen and oxygen atoms in total. The number of aromatic nitrogens is 2. The third kappa shape index (κ3) is 4.38. The van der Waals surface area contributed by atoms with Gasteiger partial charge in [-0.1, -0.05) is 0 Å². The predicted molar refractivity (Wildman–Crippen MR) is 51.3 cm³/mol. The van der Waals surface area contributed by atoms with Crippen LogP contribution < -0.4 is 4.57 Å². The fourth-order valence-corrected chi connectivity index (χ4v) is 1.78. The normalized spacial score (nSPS) is 11.9. The summed E-state index contributed by atoms with van der Waals surface area (Å²) in [6.07, 6.45) is 7.00. The Morgan fingerprint density at radius 1 is 1.43 bits per heavy atom. The molecule has 0 bridgehead atoms. The molecular formula is C8H15N2O3S+. The lowest BCUT2D eigenvalue weighted by molar-refractivity contribution is -0.671. The van der Waals surface area contributed by atoms with Crippen LogP contribution in [0.25, 0.3) is 0 Å². The van der Waals surface area contributed by atoms with E-state index in [4.69, 9.17) is 4.55 Å². The first kappa shape index (κ1) is 11.2. The van der Waals surface area contributed by atoms with Gasteiger partial charge in [0.2, 0.25) is 6.33 Å². The fraction of sp³-hybridized carbons (Fsp3) is 0.625. The Kier molecular flexibility index (Phi) is 3.65. The van der Waals surface area contributed by atoms with Crippen molar-refractivity contribution >= 4 is 10.1 Å². The Morgan fingerprint density at radius 3 is 2.64 bits per heavy atom. The average molecular weight is 219 g/mol. The molecule has 0 unspecified atom stereocenters. The van der Waals surface area contributed by atoms with E-state index in [9.17, 15) is 8.42 Å². The van der Waals surface area contributed by atoms with Crippen LogP contribution in [0.15, 0.2) is 18.7 Å². The van der Waals surface area contributed by atoms with Crippen LogP contribution in [-0.4, -0.2) is 23.3 Å². The second-order valence-electron chi connectivity index (χ2n) is 3.31. The van der Waals surface area contributed by atoms with Gasteiger partial charge in [-0.05, 0) is 12.8 Å². The first-order valence-electron chi connectivity index (χ1n) is 4.43. The zero-order valence-electron chi connectivity index (χ0n) is 8.13. The molecule has 0 spiro atoms. The molecule has 0 saturated heterocycles. The van der Waals surface area contributed by atoms with E-state index in [1.807, 2.05) is 34.9 Å². The minimum absolute atomic E-state index is 0.152. The molecule has 0 aromatic carbocycles. The van der Waals surface area contributed by atoms with Gasteiger partial charge in [0.25, 0.3) is 10.1 Å². The van der Waals surface area contributed by atoms with E-state index in [1.54, 1.807) is 0 Å². The summed E-state index contributed by atoms with van der Waals surface area (Å²) < 4.78 is 33.2. The minimum Gasteiger partial charge on any atom is -0.286 e. The van der Waals surface area contributed by atoms with Crippen molar-refractivity contribution in [2.24, 2.45) is 7.05 Å². The largest absolute Gasteiger partial charge is 0.286 e. The Balaban J connectivity index is 2.23. The number of unbranched alkanes of at least 4 members (excludes halogenated alkanes) is 1. The standard InChI is InChI=1S/C8H14N2O3S/c1-9-5-6-10(8-9)4-2-3-7-14(11,12)13/h5-6,8H,2-4,7H2,1H3/p+1. The van der Waals surface area contributed by atoms with Crippen LogP contribution in [0.3, 0.4) is 0 Å². The van der Waals surface area contributed by atoms with Crippen LogP contribution in [0, 0.1) is 0 Å². The predicted octanol–water partition coefficient (Wildman–Crippen LogP) is -0.0194. The van der Waals surface area contributed by atoms with Gasteiger partial charge in [0.1, 0.15) is 12.4 Å². The van der Waals surface area contributed by atoms with Gasteiger partial charge in [-0.3, -0.25) is 4.55 Å². The lowest BCUT2D eigenvalue weighted by Crippen LogP contribution is -2.23. The van der Waals surface area contributed by atoms with Gasteiger partial charge in [0.05, 0.1) is 19.3 Å². The van der Waals surface area contributed by atoms with E-state index in [1.165, 1.54) is 0 Å². The van der Waals surface area contributed by atoms with Gasteiger partial charge in [0, 0.05) is 0 Å². The first-order chi connectivity index (χ1) is 6.47. The number of nitrogens with zero attached hydrogens (tertiary/aromatic N) is 2. The number of aryl methyl sites for hydroxylation is 2. The number of imidazole rings is 1. The lowest BCUT2D eigenvalue weighted by atomic mass is 10.3. The van der Waals surface area contributed by atoms with Crippen molar-refractivity contribution < 1.29 is 17.5 Å². The second-order valence-corrected chi connectivity index (χ2v) is 4.88. The quantitative estimate of drug-likeness (QED) is 0.430. The van der Waals surface area contributed by atoms with E-state index in [2.05, 4.69) is 0 Å². The summed E-state index contributed by atoms with van der Waals surface area (Å²) in [4.78, 5) is 0. The summed E-state index contributed by atoms with van der Waals surface area (Å²) in [7, 11) is -1.86. The third-order valence-electron chi connectivity index (χ3n) is 1.89. The molecule has 1 aromatic heterocycles. The monoisotopic (exact) mass is 219 g/mol. The lowest BCUT2D eigenvalue weighted by Gasteiger charge is -1.96. The molecule has 0 aliphatic rings. The molecule has 0 saturated carbocycles. The van der Waals surface area contributed by atoms with Crippen LogP contribution in [0.1, 0.15) is 12.8 Å². The maximum Gasteiger partial charge on any atom is 0.264 e. The molecule has 0 aliphatic carbocycles. The van der Waals surface area contributed by atoms with Crippen molar-refractivity contribution in [3.63, 3.8) is 0 Å². The van der Waals surface area contributed by atoms with Crippen molar-refractivity contribution in [3.8, 4) is 0 Å². The highest BCUT2D eigenvalue weighted by Gasteiger charge is 2.05. The highest BCUT2D eigenvalue weighted by Crippen LogP contribution is 1.97. The minimum atomic E-state index is -3.79. The van der Waals surface area contributed by atoms with Crippen molar-refractivity contribution in [3.05, 3.63) is 18.7 Å². The molecule has 1 rings (SSSR count). The van der Waals surface area contributed by atoms with E-state index in [0.29, 0.717) is 6.42 Å². The maximum absolute atomic E-state index is 10.4. The summed E-state index contributed by atoms with van der Waals surface area (Å²) in [6.45, 7) is 0.774. The molecule has 80 valence electrons. The zero-order chi connectivity index (χ0) is 10.6. The maximum atomic E-state index is 10.4. The van der Waals surface area contributed by atoms with E-state index >= 15 is 0 Å². The summed E-state index contributed by atoms with van der Waals surface area (Å²) in [5.41, 5.74) is 0. The summed E-state index contributed by atoms with van der Waals surface area (Å²) in [5, 5.41) is 0. The van der Waals surface area contributed by atoms with Crippen LogP contribution in [0.4, 0.5) is 0 Å². The SMILES string of the molecule is C[n+]1ccn(CCCCS(=O)(=O)O)c1. The number of hydrogen-bond donors (Lipinski definition) is 1. The molecule has 0 radical (unpaired) electrons. The zero-order valence-corrected chi connectivity index (χ0v) is 8.94. The van der Waals surface area contributed by atoms with Gasteiger partial charge in [0.15, 0.2) is 0 Å². The Morgan fingerprint density at radius 2 is 2.14 bits per heavy atom. The highest BCUT2D eigenvalue weighted by molar-refractivity contribution is 7.85. The second kappa shape index (κ2) is 4.56. The smallest absolute Gasteiger partial charge is 0.264 e. The van der Waals surface area contributed by atoms with Crippen molar-refractivity contribution in [2.45, 2.75) is 19.4 Å². The van der Waals surface area contributed by atoms with Gasteiger partial charge >= 0.3 is 0 Å². The molecule has 0 aliphatic heterocycles. The number of hydrogen-bond acceptors (Lipinski definition) is 2. The molecule has 0 fully saturated rings. The van der Waals surface area contributed by atoms with Crippen molar-refractivity contribution in [1.29, 1.82) is 0 Å². The summed E-state index contributed by atoms with van der Waals surface area (Å²) >= 11 is 0. The van der Waals surface area contributed by atoms with E-state index in [-0.39, 0.29) is 5.75 Å². The Labute approximate surface area is 83.7 Å². The molecule has 1 aromatic rings. The molecule has 1 heterocycles. The van der Waals surface area contributed by atoms with Crippen LogP contribution >= 0.6 is 0 Å². The summed E-state index contributed by atoms with van der Waals surface area (Å²) in [5.74, 6) is -0.152. The van der Waals surface area contributed by atoms with Crippen LogP contribution in [-0.2, 0) is 23.7 Å². The van der Waals surface area contributed by atoms with Crippen molar-refractivity contribution in [2.75, 3.05) is 5.75 Å². The molecule has 1 N–H and O–H groups in total. The highest BCUT2D eigenvalue weighted by atomic mass is 32.2. The third-order valence-corrected chi connectivity index (χ3v) is 2.70. The molecule has 0 amide bonds. The van der Waals surface area contributed by atoms with Gasteiger partial charge in [-0.2, -0.15) is 8.42 Å². The van der Waals surface area contributed by atoms with E-state index < -0.39 is 10.1 Å². The van der Waals surface area contributed by atoms with Gasteiger partial charge in [-0.25, -0.2) is 9.13 Å². The first-order valence-corrected chi connectivity index (χ1v) is 6.04. The number of rotatable bonds is 5. The Hall–Kier alpha value is -0.880. The van der Waals surface area contributed by atoms with Crippen molar-refractivity contribution in [1.82, 2.24) is 4.57 Å². The average Bonchev–Trinajstić information content (AvgIpc) is 2.44. The fourth-order valence-electron chi connectivity index (χ4n) is 1.21. The van der Waals surface area contributed by atoms with E-state index in [0.717, 1.165) is 13.0 Å². The van der Waals surface area contributed by atoms with Gasteiger partial charge < -0.3 is 0 Å². The molecular weight excluding hydrogens is 204 g/mol. The summed E-state index contributed by atoms with van der Waals surface area (Å²) in [6, 6.07) is 0.